The van der Waals surface area contributed by atoms with Gasteiger partial charge in [0.1, 0.15) is 28.9 Å². The van der Waals surface area contributed by atoms with Gasteiger partial charge in [-0.15, -0.1) is 0 Å². The van der Waals surface area contributed by atoms with Gasteiger partial charge in [0, 0.05) is 6.61 Å². The average Bonchev–Trinajstić information content (AvgIpc) is 3.50. The highest BCUT2D eigenvalue weighted by atomic mass is 19.1. The number of hydrogen-bond acceptors (Lipinski definition) is 7. The Hall–Kier alpha value is -3.11. The molecule has 0 spiro atoms. The number of ether oxygens (including phenoxy) is 1. The quantitative estimate of drug-likeness (QED) is 0.534. The van der Waals surface area contributed by atoms with Gasteiger partial charge in [-0.1, -0.05) is 18.1 Å². The molecule has 4 heterocycles. The lowest BCUT2D eigenvalue weighted by Crippen LogP contribution is -2.29. The predicted octanol–water partition coefficient (Wildman–Crippen LogP) is 2.11. The Labute approximate surface area is 169 Å². The molecule has 5 rings (SSSR count). The summed E-state index contributed by atoms with van der Waals surface area (Å²) < 4.78 is 28.7. The largest absolute Gasteiger partial charge is 0.396 e. The van der Waals surface area contributed by atoms with Gasteiger partial charge in [0.25, 0.3) is 5.56 Å². The van der Waals surface area contributed by atoms with E-state index in [-0.39, 0.29) is 53.6 Å². The molecular weight excluding hydrogens is 393 g/mol. The normalized spacial score (nSPS) is 17.9. The van der Waals surface area contributed by atoms with Crippen LogP contribution in [0.5, 0.6) is 0 Å². The fourth-order valence-electron chi connectivity index (χ4n) is 3.87. The number of fused-ring (bicyclic) bond motifs is 3. The zero-order valence-electron chi connectivity index (χ0n) is 16.3. The molecule has 0 bridgehead atoms. The van der Waals surface area contributed by atoms with Crippen molar-refractivity contribution in [3.05, 3.63) is 46.6 Å². The summed E-state index contributed by atoms with van der Waals surface area (Å²) in [5, 5.41) is 13.2. The Bertz CT molecular complexity index is 1290. The number of imidazole rings is 1. The van der Waals surface area contributed by atoms with Gasteiger partial charge in [-0.25, -0.2) is 9.37 Å². The lowest BCUT2D eigenvalue weighted by Gasteiger charge is -2.16. The van der Waals surface area contributed by atoms with E-state index in [4.69, 9.17) is 9.26 Å². The summed E-state index contributed by atoms with van der Waals surface area (Å²) in [4.78, 5) is 22.1. The molecule has 0 aliphatic carbocycles. The van der Waals surface area contributed by atoms with E-state index in [1.54, 1.807) is 23.5 Å². The molecule has 0 radical (unpaired) electrons. The van der Waals surface area contributed by atoms with Crippen molar-refractivity contribution in [2.75, 3.05) is 13.2 Å². The molecule has 10 heteroatoms. The number of halogens is 1. The van der Waals surface area contributed by atoms with Crippen molar-refractivity contribution in [3.63, 3.8) is 0 Å². The number of aromatic nitrogens is 5. The first-order valence-corrected chi connectivity index (χ1v) is 9.83. The van der Waals surface area contributed by atoms with Crippen LogP contribution < -0.4 is 5.56 Å². The Morgan fingerprint density at radius 2 is 2.23 bits per heavy atom. The summed E-state index contributed by atoms with van der Waals surface area (Å²) in [6.07, 6.45) is 3.03. The fourth-order valence-corrected chi connectivity index (χ4v) is 3.87. The zero-order valence-corrected chi connectivity index (χ0v) is 16.3. The number of rotatable bonds is 5. The van der Waals surface area contributed by atoms with Gasteiger partial charge in [0.05, 0.1) is 30.7 Å². The molecule has 1 N–H and O–H groups in total. The molecule has 9 nitrogen and oxygen atoms in total. The Morgan fingerprint density at radius 1 is 1.37 bits per heavy atom. The average molecular weight is 413 g/mol. The number of hydrogen-bond donors (Lipinski definition) is 1. The molecule has 156 valence electrons. The van der Waals surface area contributed by atoms with E-state index in [9.17, 15) is 14.3 Å². The topological polar surface area (TPSA) is 108 Å². The minimum Gasteiger partial charge on any atom is -0.396 e. The number of aliphatic hydroxyl groups is 1. The summed E-state index contributed by atoms with van der Waals surface area (Å²) in [6, 6.07) is 4.66. The van der Waals surface area contributed by atoms with E-state index < -0.39 is 11.4 Å². The lowest BCUT2D eigenvalue weighted by molar-refractivity contribution is 0.0972. The van der Waals surface area contributed by atoms with Gasteiger partial charge in [-0.2, -0.15) is 4.98 Å². The van der Waals surface area contributed by atoms with Gasteiger partial charge in [0.2, 0.25) is 11.7 Å². The third-order valence-electron chi connectivity index (χ3n) is 5.47. The van der Waals surface area contributed by atoms with E-state index in [0.29, 0.717) is 12.1 Å². The van der Waals surface area contributed by atoms with Crippen molar-refractivity contribution < 1.29 is 18.8 Å². The summed E-state index contributed by atoms with van der Waals surface area (Å²) in [5.74, 6) is -0.436. The summed E-state index contributed by atoms with van der Waals surface area (Å²) >= 11 is 0. The Kier molecular flexibility index (Phi) is 4.59. The first kappa shape index (κ1) is 18.9. The van der Waals surface area contributed by atoms with E-state index in [2.05, 4.69) is 15.1 Å². The molecule has 1 fully saturated rings. The molecular formula is C20H20FN5O4. The number of nitrogens with zero attached hydrogens (tertiary/aromatic N) is 5. The smallest absolute Gasteiger partial charge is 0.277 e. The van der Waals surface area contributed by atoms with Gasteiger partial charge < -0.3 is 14.4 Å². The molecule has 4 aromatic rings. The van der Waals surface area contributed by atoms with Crippen molar-refractivity contribution in [2.45, 2.75) is 38.3 Å². The maximum atomic E-state index is 14.8. The molecule has 1 aliphatic rings. The Balaban J connectivity index is 1.75. The highest BCUT2D eigenvalue weighted by Gasteiger charge is 2.25. The van der Waals surface area contributed by atoms with Gasteiger partial charge >= 0.3 is 0 Å². The zero-order chi connectivity index (χ0) is 20.8. The molecule has 3 aromatic heterocycles. The predicted molar refractivity (Wildman–Crippen MR) is 105 cm³/mol. The van der Waals surface area contributed by atoms with Crippen LogP contribution in [0.1, 0.15) is 31.6 Å². The summed E-state index contributed by atoms with van der Waals surface area (Å²) in [5.41, 5.74) is 0.783. The minimum atomic E-state index is -0.488. The van der Waals surface area contributed by atoms with E-state index >= 15 is 0 Å². The van der Waals surface area contributed by atoms with Crippen molar-refractivity contribution in [1.82, 2.24) is 24.1 Å². The van der Waals surface area contributed by atoms with E-state index in [1.807, 2.05) is 0 Å². The van der Waals surface area contributed by atoms with Crippen molar-refractivity contribution in [3.8, 4) is 11.5 Å². The van der Waals surface area contributed by atoms with Crippen LogP contribution in [0, 0.1) is 5.82 Å². The number of aliphatic hydroxyl groups excluding tert-OH is 1. The highest BCUT2D eigenvalue weighted by Crippen LogP contribution is 2.26. The molecule has 30 heavy (non-hydrogen) atoms. The third-order valence-corrected chi connectivity index (χ3v) is 5.47. The van der Waals surface area contributed by atoms with Crippen LogP contribution in [0.3, 0.4) is 0 Å². The second-order valence-electron chi connectivity index (χ2n) is 7.51. The van der Waals surface area contributed by atoms with Gasteiger partial charge in [-0.05, 0) is 25.0 Å². The second-order valence-corrected chi connectivity index (χ2v) is 7.51. The van der Waals surface area contributed by atoms with Crippen LogP contribution in [-0.4, -0.2) is 48.5 Å². The first-order chi connectivity index (χ1) is 14.6. The third kappa shape index (κ3) is 2.91. The Morgan fingerprint density at radius 3 is 3.00 bits per heavy atom. The lowest BCUT2D eigenvalue weighted by atomic mass is 10.2. The van der Waals surface area contributed by atoms with Crippen molar-refractivity contribution >= 4 is 16.6 Å². The highest BCUT2D eigenvalue weighted by molar-refractivity contribution is 5.84. The first-order valence-electron chi connectivity index (χ1n) is 9.83. The summed E-state index contributed by atoms with van der Waals surface area (Å²) in [6.45, 7) is 2.47. The molecule has 0 saturated carbocycles. The second kappa shape index (κ2) is 7.29. The molecule has 1 saturated heterocycles. The van der Waals surface area contributed by atoms with Crippen molar-refractivity contribution in [2.24, 2.45) is 0 Å². The molecule has 2 atom stereocenters. The maximum Gasteiger partial charge on any atom is 0.277 e. The van der Waals surface area contributed by atoms with E-state index in [0.717, 1.165) is 12.8 Å². The maximum absolute atomic E-state index is 14.8. The fraction of sp³-hybridized carbons (Fsp3) is 0.400. The van der Waals surface area contributed by atoms with Crippen molar-refractivity contribution in [1.29, 1.82) is 0 Å². The molecule has 0 amide bonds. The van der Waals surface area contributed by atoms with Crippen LogP contribution in [0.4, 0.5) is 4.39 Å². The van der Waals surface area contributed by atoms with Crippen LogP contribution in [0.15, 0.2) is 33.8 Å². The molecule has 1 aromatic carbocycles. The standard InChI is InChI=1S/C20H20FN5O4/c1-11(9-27)19-23-18(24-30-19)15-17-20(28)25(8-12-4-3-7-29-12)16-13(21)5-2-6-14(16)26(17)10-22-15/h2,5-6,10-12,27H,3-4,7-9H2,1H3. The van der Waals surface area contributed by atoms with Crippen LogP contribution in [-0.2, 0) is 11.3 Å². The van der Waals surface area contributed by atoms with Gasteiger partial charge in [-0.3, -0.25) is 13.8 Å². The SMILES string of the molecule is CC(CO)c1nc(-c2ncn3c2c(=O)n(CC2CCCO2)c2c(F)cccc23)no1. The van der Waals surface area contributed by atoms with Crippen LogP contribution >= 0.6 is 0 Å². The minimum absolute atomic E-state index is 0.143. The monoisotopic (exact) mass is 413 g/mol. The molecule has 2 unspecified atom stereocenters. The van der Waals surface area contributed by atoms with Crippen LogP contribution in [0.25, 0.3) is 28.1 Å². The number of para-hydroxylation sites is 1. The number of benzene rings is 1. The van der Waals surface area contributed by atoms with Crippen LogP contribution in [0.2, 0.25) is 0 Å². The molecule has 1 aliphatic heterocycles. The van der Waals surface area contributed by atoms with E-state index in [1.165, 1.54) is 17.0 Å². The van der Waals surface area contributed by atoms with Gasteiger partial charge in [0.15, 0.2) is 0 Å². The summed E-state index contributed by atoms with van der Waals surface area (Å²) in [7, 11) is 0.